The molecule has 25 heavy (non-hydrogen) atoms. The molecular weight excluding hydrogens is 332 g/mol. The quantitative estimate of drug-likeness (QED) is 0.669. The van der Waals surface area contributed by atoms with Crippen molar-refractivity contribution in [2.24, 2.45) is 0 Å². The fourth-order valence-electron chi connectivity index (χ4n) is 4.41. The Morgan fingerprint density at radius 3 is 2.72 bits per heavy atom. The van der Waals surface area contributed by atoms with Crippen LogP contribution in [-0.4, -0.2) is 37.0 Å². The first-order chi connectivity index (χ1) is 11.6. The summed E-state index contributed by atoms with van der Waals surface area (Å²) in [4.78, 5) is 17.5. The molecule has 4 heteroatoms. The molecule has 1 saturated heterocycles. The predicted molar refractivity (Wildman–Crippen MR) is 108 cm³/mol. The number of fused-ring (bicyclic) bond motifs is 3. The van der Waals surface area contributed by atoms with Crippen molar-refractivity contribution in [3.63, 3.8) is 0 Å². The van der Waals surface area contributed by atoms with Crippen molar-refractivity contribution in [3.8, 4) is 0 Å². The zero-order chi connectivity index (χ0) is 17.1. The van der Waals surface area contributed by atoms with Crippen molar-refractivity contribution >= 4 is 24.0 Å². The topological polar surface area (TPSA) is 23.6 Å². The van der Waals surface area contributed by atoms with E-state index in [9.17, 15) is 4.79 Å². The summed E-state index contributed by atoms with van der Waals surface area (Å²) in [6, 6.07) is 7.02. The molecule has 2 aliphatic rings. The summed E-state index contributed by atoms with van der Waals surface area (Å²) < 4.78 is 0. The third-order valence-electron chi connectivity index (χ3n) is 5.72. The third-order valence-corrected chi connectivity index (χ3v) is 5.72. The summed E-state index contributed by atoms with van der Waals surface area (Å²) >= 11 is 0. The molecule has 3 rings (SSSR count). The number of benzene rings is 1. The molecule has 140 valence electrons. The van der Waals surface area contributed by atoms with Crippen LogP contribution >= 0.6 is 12.4 Å². The molecule has 2 atom stereocenters. The molecule has 0 bridgehead atoms. The van der Waals surface area contributed by atoms with E-state index in [0.717, 1.165) is 25.9 Å². The highest BCUT2D eigenvalue weighted by Crippen LogP contribution is 2.45. The third kappa shape index (κ3) is 4.38. The summed E-state index contributed by atoms with van der Waals surface area (Å²) in [5, 5.41) is 0. The Kier molecular flexibility index (Phi) is 7.33. The number of amides is 1. The summed E-state index contributed by atoms with van der Waals surface area (Å²) in [7, 11) is 2.20. The summed E-state index contributed by atoms with van der Waals surface area (Å²) in [5.74, 6) is 0.830. The first kappa shape index (κ1) is 20.3. The number of unbranched alkanes of at least 4 members (excludes halogenated alkanes) is 4. The summed E-state index contributed by atoms with van der Waals surface area (Å²) in [6.45, 7) is 6.55. The molecule has 2 heterocycles. The SMILES string of the molecule is CCCCCCCC(=O)N1c2ccc(C)cc2C2CN(C)CCC21.Cl. The van der Waals surface area contributed by atoms with Crippen molar-refractivity contribution in [2.75, 3.05) is 25.0 Å². The summed E-state index contributed by atoms with van der Waals surface area (Å²) in [6.07, 6.45) is 7.82. The van der Waals surface area contributed by atoms with Gasteiger partial charge in [0.1, 0.15) is 0 Å². The Bertz CT molecular complexity index is 589. The van der Waals surface area contributed by atoms with Gasteiger partial charge < -0.3 is 9.80 Å². The number of piperidine rings is 1. The Balaban J connectivity index is 0.00000225. The fraction of sp³-hybridized carbons (Fsp3) is 0.667. The normalized spacial score (nSPS) is 22.3. The Morgan fingerprint density at radius 2 is 1.96 bits per heavy atom. The Hall–Kier alpha value is -1.06. The minimum Gasteiger partial charge on any atom is -0.308 e. The average Bonchev–Trinajstić information content (AvgIpc) is 2.87. The van der Waals surface area contributed by atoms with Gasteiger partial charge in [-0.05, 0) is 45.0 Å². The zero-order valence-corrected chi connectivity index (χ0v) is 16.8. The molecule has 1 amide bonds. The van der Waals surface area contributed by atoms with Crippen LogP contribution in [0.2, 0.25) is 0 Å². The van der Waals surface area contributed by atoms with Gasteiger partial charge in [-0.2, -0.15) is 0 Å². The van der Waals surface area contributed by atoms with Crippen LogP contribution in [0.3, 0.4) is 0 Å². The number of carbonyl (C=O) groups is 1. The number of anilines is 1. The lowest BCUT2D eigenvalue weighted by Crippen LogP contribution is -2.47. The molecule has 2 unspecified atom stereocenters. The van der Waals surface area contributed by atoms with Crippen LogP contribution in [0, 0.1) is 6.92 Å². The number of likely N-dealkylation sites (N-methyl/N-ethyl adjacent to an activating group) is 1. The van der Waals surface area contributed by atoms with Crippen molar-refractivity contribution in [1.82, 2.24) is 4.90 Å². The average molecular weight is 365 g/mol. The zero-order valence-electron chi connectivity index (χ0n) is 16.0. The molecule has 0 aromatic heterocycles. The highest BCUT2D eigenvalue weighted by molar-refractivity contribution is 5.96. The molecule has 1 fully saturated rings. The van der Waals surface area contributed by atoms with Crippen LogP contribution in [-0.2, 0) is 4.79 Å². The van der Waals surface area contributed by atoms with Gasteiger partial charge in [0.15, 0.2) is 0 Å². The van der Waals surface area contributed by atoms with Crippen molar-refractivity contribution < 1.29 is 4.79 Å². The highest BCUT2D eigenvalue weighted by Gasteiger charge is 2.43. The number of likely N-dealkylation sites (tertiary alicyclic amines) is 1. The number of carbonyl (C=O) groups excluding carboxylic acids is 1. The number of halogens is 1. The first-order valence-electron chi connectivity index (χ1n) is 9.73. The second kappa shape index (κ2) is 9.05. The minimum absolute atomic E-state index is 0. The van der Waals surface area contributed by atoms with Crippen LogP contribution in [0.25, 0.3) is 0 Å². The Morgan fingerprint density at radius 1 is 1.20 bits per heavy atom. The maximum Gasteiger partial charge on any atom is 0.227 e. The van der Waals surface area contributed by atoms with E-state index in [-0.39, 0.29) is 12.4 Å². The van der Waals surface area contributed by atoms with Gasteiger partial charge in [-0.1, -0.05) is 50.3 Å². The van der Waals surface area contributed by atoms with E-state index in [0.29, 0.717) is 24.3 Å². The molecule has 0 aliphatic carbocycles. The van der Waals surface area contributed by atoms with E-state index in [1.807, 2.05) is 0 Å². The maximum absolute atomic E-state index is 13.0. The van der Waals surface area contributed by atoms with Gasteiger partial charge in [0.2, 0.25) is 5.91 Å². The van der Waals surface area contributed by atoms with Gasteiger partial charge in [0.25, 0.3) is 0 Å². The number of rotatable bonds is 6. The minimum atomic E-state index is 0. The van der Waals surface area contributed by atoms with E-state index >= 15 is 0 Å². The number of nitrogens with zero attached hydrogens (tertiary/aromatic N) is 2. The predicted octanol–water partition coefficient (Wildman–Crippen LogP) is 4.91. The van der Waals surface area contributed by atoms with Gasteiger partial charge in [0.05, 0.1) is 0 Å². The standard InChI is InChI=1S/C21H32N2O.ClH/c1-4-5-6-7-8-9-21(24)23-19-11-10-16(2)14-17(19)18-15-22(3)13-12-20(18)23;/h10-11,14,18,20H,4-9,12-13,15H2,1-3H3;1H. The molecule has 0 spiro atoms. The second-order valence-electron chi connectivity index (χ2n) is 7.71. The van der Waals surface area contributed by atoms with Crippen molar-refractivity contribution in [1.29, 1.82) is 0 Å². The molecule has 0 saturated carbocycles. The van der Waals surface area contributed by atoms with Gasteiger partial charge in [0, 0.05) is 30.6 Å². The van der Waals surface area contributed by atoms with E-state index in [1.54, 1.807) is 0 Å². The smallest absolute Gasteiger partial charge is 0.227 e. The second-order valence-corrected chi connectivity index (χ2v) is 7.71. The number of hydrogen-bond acceptors (Lipinski definition) is 2. The van der Waals surface area contributed by atoms with Crippen LogP contribution in [0.5, 0.6) is 0 Å². The number of hydrogen-bond donors (Lipinski definition) is 0. The first-order valence-corrected chi connectivity index (χ1v) is 9.73. The molecule has 1 aromatic carbocycles. The monoisotopic (exact) mass is 364 g/mol. The highest BCUT2D eigenvalue weighted by atomic mass is 35.5. The van der Waals surface area contributed by atoms with Gasteiger partial charge in [-0.25, -0.2) is 0 Å². The summed E-state index contributed by atoms with van der Waals surface area (Å²) in [5.41, 5.74) is 3.88. The molecule has 0 radical (unpaired) electrons. The van der Waals surface area contributed by atoms with Crippen molar-refractivity contribution in [3.05, 3.63) is 29.3 Å². The molecule has 2 aliphatic heterocycles. The van der Waals surface area contributed by atoms with E-state index in [4.69, 9.17) is 0 Å². The van der Waals surface area contributed by atoms with E-state index in [1.165, 1.54) is 42.5 Å². The van der Waals surface area contributed by atoms with Gasteiger partial charge >= 0.3 is 0 Å². The number of aryl methyl sites for hydroxylation is 1. The largest absolute Gasteiger partial charge is 0.308 e. The molecular formula is C21H33ClN2O. The molecule has 1 aromatic rings. The maximum atomic E-state index is 13.0. The van der Waals surface area contributed by atoms with Crippen LogP contribution < -0.4 is 4.90 Å². The lowest BCUT2D eigenvalue weighted by atomic mass is 9.89. The Labute approximate surface area is 159 Å². The lowest BCUT2D eigenvalue weighted by molar-refractivity contribution is -0.119. The van der Waals surface area contributed by atoms with Crippen LogP contribution in [0.15, 0.2) is 18.2 Å². The fourth-order valence-corrected chi connectivity index (χ4v) is 4.41. The van der Waals surface area contributed by atoms with E-state index < -0.39 is 0 Å². The van der Waals surface area contributed by atoms with Crippen LogP contribution in [0.4, 0.5) is 5.69 Å². The molecule has 0 N–H and O–H groups in total. The molecule has 3 nitrogen and oxygen atoms in total. The van der Waals surface area contributed by atoms with Crippen molar-refractivity contribution in [2.45, 2.75) is 70.8 Å². The van der Waals surface area contributed by atoms with Gasteiger partial charge in [-0.15, -0.1) is 12.4 Å². The van der Waals surface area contributed by atoms with Crippen LogP contribution in [0.1, 0.15) is 68.9 Å². The lowest BCUT2D eigenvalue weighted by Gasteiger charge is -2.36. The van der Waals surface area contributed by atoms with E-state index in [2.05, 4.69) is 48.9 Å². The van der Waals surface area contributed by atoms with Gasteiger partial charge in [-0.3, -0.25) is 4.79 Å².